The van der Waals surface area contributed by atoms with Crippen LogP contribution in [0.2, 0.25) is 0 Å². The monoisotopic (exact) mass is 354 g/mol. The maximum Gasteiger partial charge on any atom is 0.233 e. The highest BCUT2D eigenvalue weighted by atomic mass is 32.2. The topological polar surface area (TPSA) is 78.0 Å². The molecule has 0 saturated carbocycles. The average Bonchev–Trinajstić information content (AvgIpc) is 3.10. The number of H-pyrrole nitrogens is 1. The normalized spacial score (nSPS) is 14.9. The maximum atomic E-state index is 12.4. The summed E-state index contributed by atoms with van der Waals surface area (Å²) in [5.74, 6) is 1.40. The summed E-state index contributed by atoms with van der Waals surface area (Å²) in [5, 5.41) is 0.785. The van der Waals surface area contributed by atoms with Crippen LogP contribution >= 0.6 is 11.8 Å². The predicted octanol–water partition coefficient (Wildman–Crippen LogP) is 1.79. The van der Waals surface area contributed by atoms with Crippen LogP contribution in [0.15, 0.2) is 48.0 Å². The van der Waals surface area contributed by atoms with E-state index < -0.39 is 0 Å². The molecule has 3 heterocycles. The molecule has 1 aliphatic rings. The first kappa shape index (κ1) is 15.9. The SMILES string of the molecule is O=C(CSc1nc2ccccc2[nH]1)N1CCN(c2cnccn2)CC1. The number of piperazine rings is 1. The molecule has 0 atom stereocenters. The van der Waals surface area contributed by atoms with Crippen molar-refractivity contribution >= 4 is 34.5 Å². The third-order valence-electron chi connectivity index (χ3n) is 4.21. The van der Waals surface area contributed by atoms with Crippen LogP contribution in [-0.2, 0) is 4.79 Å². The molecule has 1 amide bonds. The summed E-state index contributed by atoms with van der Waals surface area (Å²) in [6.45, 7) is 2.96. The maximum absolute atomic E-state index is 12.4. The van der Waals surface area contributed by atoms with Crippen molar-refractivity contribution in [3.05, 3.63) is 42.9 Å². The van der Waals surface area contributed by atoms with Crippen molar-refractivity contribution in [2.45, 2.75) is 5.16 Å². The van der Waals surface area contributed by atoms with E-state index in [1.54, 1.807) is 18.6 Å². The van der Waals surface area contributed by atoms with Crippen LogP contribution in [-0.4, -0.2) is 62.7 Å². The summed E-state index contributed by atoms with van der Waals surface area (Å²) in [5.41, 5.74) is 1.92. The van der Waals surface area contributed by atoms with Crippen molar-refractivity contribution in [2.24, 2.45) is 0 Å². The zero-order valence-corrected chi connectivity index (χ0v) is 14.4. The number of benzene rings is 1. The Balaban J connectivity index is 1.30. The van der Waals surface area contributed by atoms with E-state index in [1.807, 2.05) is 29.2 Å². The zero-order valence-electron chi connectivity index (χ0n) is 13.6. The Kier molecular flexibility index (Phi) is 4.51. The summed E-state index contributed by atoms with van der Waals surface area (Å²) < 4.78 is 0. The number of para-hydroxylation sites is 2. The number of carbonyl (C=O) groups is 1. The van der Waals surface area contributed by atoms with Crippen molar-refractivity contribution in [1.29, 1.82) is 0 Å². The highest BCUT2D eigenvalue weighted by molar-refractivity contribution is 7.99. The van der Waals surface area contributed by atoms with Gasteiger partial charge in [-0.3, -0.25) is 9.78 Å². The van der Waals surface area contributed by atoms with E-state index in [0.717, 1.165) is 35.1 Å². The molecule has 7 nitrogen and oxygen atoms in total. The van der Waals surface area contributed by atoms with Crippen molar-refractivity contribution in [3.8, 4) is 0 Å². The molecule has 1 aliphatic heterocycles. The molecular weight excluding hydrogens is 336 g/mol. The Bertz CT molecular complexity index is 827. The van der Waals surface area contributed by atoms with E-state index >= 15 is 0 Å². The Labute approximate surface area is 149 Å². The van der Waals surface area contributed by atoms with Gasteiger partial charge in [-0.2, -0.15) is 0 Å². The molecule has 128 valence electrons. The lowest BCUT2D eigenvalue weighted by Crippen LogP contribution is -2.49. The second-order valence-corrected chi connectivity index (χ2v) is 6.74. The second-order valence-electron chi connectivity index (χ2n) is 5.78. The van der Waals surface area contributed by atoms with Crippen LogP contribution in [0.5, 0.6) is 0 Å². The van der Waals surface area contributed by atoms with E-state index in [4.69, 9.17) is 0 Å². The van der Waals surface area contributed by atoms with E-state index in [2.05, 4.69) is 24.8 Å². The highest BCUT2D eigenvalue weighted by Crippen LogP contribution is 2.20. The standard InChI is InChI=1S/C17H18N6OS/c24-16(12-25-17-20-13-3-1-2-4-14(13)21-17)23-9-7-22(8-10-23)15-11-18-5-6-19-15/h1-6,11H,7-10,12H2,(H,20,21). The first-order valence-electron chi connectivity index (χ1n) is 8.16. The van der Waals surface area contributed by atoms with Gasteiger partial charge in [0.05, 0.1) is 23.0 Å². The molecule has 1 fully saturated rings. The Morgan fingerprint density at radius 2 is 2.00 bits per heavy atom. The Morgan fingerprint density at radius 1 is 1.16 bits per heavy atom. The molecule has 0 unspecified atom stereocenters. The molecule has 4 rings (SSSR count). The molecule has 0 bridgehead atoms. The van der Waals surface area contributed by atoms with Gasteiger partial charge in [-0.25, -0.2) is 9.97 Å². The number of rotatable bonds is 4. The molecule has 0 spiro atoms. The van der Waals surface area contributed by atoms with Gasteiger partial charge in [0.2, 0.25) is 5.91 Å². The fourth-order valence-corrected chi connectivity index (χ4v) is 3.65. The fraction of sp³-hybridized carbons (Fsp3) is 0.294. The molecule has 1 N–H and O–H groups in total. The fourth-order valence-electron chi connectivity index (χ4n) is 2.86. The van der Waals surface area contributed by atoms with Gasteiger partial charge in [0.1, 0.15) is 5.82 Å². The number of amides is 1. The summed E-state index contributed by atoms with van der Waals surface area (Å²) >= 11 is 1.45. The number of aromatic nitrogens is 4. The van der Waals surface area contributed by atoms with Crippen LogP contribution in [0.3, 0.4) is 0 Å². The van der Waals surface area contributed by atoms with Crippen LogP contribution in [0.4, 0.5) is 5.82 Å². The first-order chi connectivity index (χ1) is 12.3. The number of hydrogen-bond acceptors (Lipinski definition) is 6. The Hall–Kier alpha value is -2.61. The average molecular weight is 354 g/mol. The highest BCUT2D eigenvalue weighted by Gasteiger charge is 2.22. The third-order valence-corrected chi connectivity index (χ3v) is 5.06. The number of fused-ring (bicyclic) bond motifs is 1. The quantitative estimate of drug-likeness (QED) is 0.720. The lowest BCUT2D eigenvalue weighted by molar-refractivity contribution is -0.128. The number of hydrogen-bond donors (Lipinski definition) is 1. The van der Waals surface area contributed by atoms with Gasteiger partial charge >= 0.3 is 0 Å². The summed E-state index contributed by atoms with van der Waals surface area (Å²) in [6.07, 6.45) is 5.12. The second kappa shape index (κ2) is 7.10. The summed E-state index contributed by atoms with van der Waals surface area (Å²) in [7, 11) is 0. The molecule has 1 saturated heterocycles. The number of thioether (sulfide) groups is 1. The minimum Gasteiger partial charge on any atom is -0.352 e. The smallest absolute Gasteiger partial charge is 0.233 e. The molecule has 0 radical (unpaired) electrons. The number of aromatic amines is 1. The van der Waals surface area contributed by atoms with Gasteiger partial charge in [-0.1, -0.05) is 23.9 Å². The van der Waals surface area contributed by atoms with Gasteiger partial charge in [0, 0.05) is 38.6 Å². The van der Waals surface area contributed by atoms with Gasteiger partial charge in [0.15, 0.2) is 5.16 Å². The van der Waals surface area contributed by atoms with Crippen LogP contribution in [0, 0.1) is 0 Å². The molecule has 8 heteroatoms. The van der Waals surface area contributed by atoms with Crippen LogP contribution in [0.1, 0.15) is 0 Å². The van der Waals surface area contributed by atoms with Gasteiger partial charge in [0.25, 0.3) is 0 Å². The van der Waals surface area contributed by atoms with Crippen LogP contribution < -0.4 is 4.90 Å². The number of imidazole rings is 1. The van der Waals surface area contributed by atoms with Crippen molar-refractivity contribution in [1.82, 2.24) is 24.8 Å². The van der Waals surface area contributed by atoms with E-state index in [9.17, 15) is 4.79 Å². The first-order valence-corrected chi connectivity index (χ1v) is 9.14. The lowest BCUT2D eigenvalue weighted by Gasteiger charge is -2.35. The molecule has 2 aromatic heterocycles. The molecule has 0 aliphatic carbocycles. The van der Waals surface area contributed by atoms with E-state index in [1.165, 1.54) is 11.8 Å². The predicted molar refractivity (Wildman–Crippen MR) is 97.6 cm³/mol. The van der Waals surface area contributed by atoms with Crippen molar-refractivity contribution in [3.63, 3.8) is 0 Å². The van der Waals surface area contributed by atoms with Crippen molar-refractivity contribution in [2.75, 3.05) is 36.8 Å². The van der Waals surface area contributed by atoms with E-state index in [0.29, 0.717) is 18.8 Å². The summed E-state index contributed by atoms with van der Waals surface area (Å²) in [6, 6.07) is 7.87. The number of carbonyl (C=O) groups excluding carboxylic acids is 1. The molecule has 3 aromatic rings. The van der Waals surface area contributed by atoms with Crippen LogP contribution in [0.25, 0.3) is 11.0 Å². The van der Waals surface area contributed by atoms with Gasteiger partial charge in [-0.05, 0) is 12.1 Å². The minimum absolute atomic E-state index is 0.143. The summed E-state index contributed by atoms with van der Waals surface area (Å²) in [4.78, 5) is 32.7. The van der Waals surface area contributed by atoms with Gasteiger partial charge in [-0.15, -0.1) is 0 Å². The molecular formula is C17H18N6OS. The molecule has 1 aromatic carbocycles. The Morgan fingerprint density at radius 3 is 2.76 bits per heavy atom. The number of nitrogens with zero attached hydrogens (tertiary/aromatic N) is 5. The van der Waals surface area contributed by atoms with Gasteiger partial charge < -0.3 is 14.8 Å². The minimum atomic E-state index is 0.143. The molecule has 25 heavy (non-hydrogen) atoms. The zero-order chi connectivity index (χ0) is 17.1. The van der Waals surface area contributed by atoms with Crippen molar-refractivity contribution < 1.29 is 4.79 Å². The number of anilines is 1. The third kappa shape index (κ3) is 3.58. The lowest BCUT2D eigenvalue weighted by atomic mass is 10.3. The number of nitrogens with one attached hydrogen (secondary N) is 1. The largest absolute Gasteiger partial charge is 0.352 e. The van der Waals surface area contributed by atoms with E-state index in [-0.39, 0.29) is 5.91 Å².